The number of unbranched alkanes of at least 4 members (excludes halogenated alkanes) is 29. The van der Waals surface area contributed by atoms with Crippen molar-refractivity contribution < 1.29 is 28.6 Å². The molecule has 1 unspecified atom stereocenters. The third-order valence-corrected chi connectivity index (χ3v) is 11.6. The van der Waals surface area contributed by atoms with Gasteiger partial charge in [0.15, 0.2) is 6.10 Å². The Morgan fingerprint density at radius 3 is 1.02 bits per heavy atom. The number of hydrogen-bond donors (Lipinski definition) is 0. The molecule has 6 heteroatoms. The zero-order valence-electron chi connectivity index (χ0n) is 42.0. The quantitative estimate of drug-likeness (QED) is 0.0199. The van der Waals surface area contributed by atoms with E-state index in [-0.39, 0.29) is 37.5 Å². The van der Waals surface area contributed by atoms with Crippen LogP contribution in [0.3, 0.4) is 0 Å². The molecule has 0 radical (unpaired) electrons. The molecule has 0 saturated carbocycles. The number of rotatable bonds is 48. The summed E-state index contributed by atoms with van der Waals surface area (Å²) in [7, 11) is 0. The second kappa shape index (κ2) is 52.5. The molecule has 1 atom stereocenters. The number of hydrogen-bond acceptors (Lipinski definition) is 6. The minimum Gasteiger partial charge on any atom is -0.462 e. The molecular formula is C58H100O6. The second-order valence-electron chi connectivity index (χ2n) is 17.9. The lowest BCUT2D eigenvalue weighted by molar-refractivity contribution is -0.167. The fraction of sp³-hybridized carbons (Fsp3) is 0.741. The van der Waals surface area contributed by atoms with Crippen LogP contribution in [0.5, 0.6) is 0 Å². The monoisotopic (exact) mass is 893 g/mol. The standard InChI is InChI=1S/C58H100O6/c1-4-7-10-13-16-19-22-25-28-29-31-33-36-39-42-45-48-51-57(60)63-54-55(53-62-56(59)50-47-44-41-38-35-32-27-24-21-18-15-12-9-6-3)64-58(61)52-49-46-43-40-37-34-30-26-23-20-17-14-11-8-5-2/h8,11,14,17,20,23,25-26,28,30,34,37,55H,4-7,9-10,12-13,15-16,18-19,21-22,24,27,29,31-33,35-36,38-54H2,1-3H3/b11-8-,17-14-,23-20-,28-25-,30-26-,37-34-. The summed E-state index contributed by atoms with van der Waals surface area (Å²) in [5.74, 6) is -0.933. The van der Waals surface area contributed by atoms with Crippen LogP contribution >= 0.6 is 0 Å². The third-order valence-electron chi connectivity index (χ3n) is 11.6. The maximum atomic E-state index is 12.8. The van der Waals surface area contributed by atoms with E-state index in [0.29, 0.717) is 19.3 Å². The minimum atomic E-state index is -0.797. The zero-order valence-corrected chi connectivity index (χ0v) is 42.0. The van der Waals surface area contributed by atoms with Gasteiger partial charge in [0.05, 0.1) is 0 Å². The van der Waals surface area contributed by atoms with Gasteiger partial charge >= 0.3 is 17.9 Å². The van der Waals surface area contributed by atoms with Crippen molar-refractivity contribution in [2.45, 2.75) is 264 Å². The number of allylic oxidation sites excluding steroid dienone is 12. The van der Waals surface area contributed by atoms with Gasteiger partial charge in [0.1, 0.15) is 13.2 Å². The smallest absolute Gasteiger partial charge is 0.306 e. The molecule has 0 aromatic rings. The Hall–Kier alpha value is -3.15. The molecule has 0 spiro atoms. The Morgan fingerprint density at radius 1 is 0.328 bits per heavy atom. The van der Waals surface area contributed by atoms with Crippen LogP contribution in [0.4, 0.5) is 0 Å². The Morgan fingerprint density at radius 2 is 0.625 bits per heavy atom. The Bertz CT molecular complexity index is 1210. The SMILES string of the molecule is CC\C=C/C=C\C=C/C=C\C=C/CCCCCC(=O)OC(COC(=O)CCCCCCCCC/C=C\CCCCCCCC)COC(=O)CCCCCCCCCCCCCCCC. The van der Waals surface area contributed by atoms with Gasteiger partial charge in [-0.15, -0.1) is 0 Å². The molecule has 368 valence electrons. The first-order valence-electron chi connectivity index (χ1n) is 27.0. The summed E-state index contributed by atoms with van der Waals surface area (Å²) < 4.78 is 16.8. The van der Waals surface area contributed by atoms with Crippen molar-refractivity contribution >= 4 is 17.9 Å². The summed E-state index contributed by atoms with van der Waals surface area (Å²) in [5, 5.41) is 0. The van der Waals surface area contributed by atoms with E-state index in [1.165, 1.54) is 148 Å². The third kappa shape index (κ3) is 49.9. The predicted molar refractivity (Wildman–Crippen MR) is 274 cm³/mol. The van der Waals surface area contributed by atoms with Gasteiger partial charge in [-0.05, 0) is 64.2 Å². The van der Waals surface area contributed by atoms with E-state index in [1.807, 2.05) is 48.6 Å². The van der Waals surface area contributed by atoms with E-state index in [1.54, 1.807) is 0 Å². The maximum absolute atomic E-state index is 12.8. The first-order chi connectivity index (χ1) is 31.5. The van der Waals surface area contributed by atoms with E-state index >= 15 is 0 Å². The van der Waals surface area contributed by atoms with Crippen molar-refractivity contribution in [3.8, 4) is 0 Å². The summed E-state index contributed by atoms with van der Waals surface area (Å²) in [6, 6.07) is 0. The molecule has 0 amide bonds. The van der Waals surface area contributed by atoms with Gasteiger partial charge in [0.2, 0.25) is 0 Å². The normalized spacial score (nSPS) is 12.6. The van der Waals surface area contributed by atoms with Crippen LogP contribution in [-0.4, -0.2) is 37.2 Å². The number of esters is 3. The highest BCUT2D eigenvalue weighted by Gasteiger charge is 2.19. The molecule has 0 fully saturated rings. The molecule has 0 N–H and O–H groups in total. The van der Waals surface area contributed by atoms with Crippen LogP contribution in [0.15, 0.2) is 72.9 Å². The molecule has 0 heterocycles. The van der Waals surface area contributed by atoms with Crippen LogP contribution in [0, 0.1) is 0 Å². The van der Waals surface area contributed by atoms with E-state index in [4.69, 9.17) is 14.2 Å². The van der Waals surface area contributed by atoms with Gasteiger partial charge in [0.25, 0.3) is 0 Å². The molecule has 0 saturated heterocycles. The average molecular weight is 893 g/mol. The highest BCUT2D eigenvalue weighted by molar-refractivity contribution is 5.71. The van der Waals surface area contributed by atoms with E-state index in [0.717, 1.165) is 64.2 Å². The van der Waals surface area contributed by atoms with Gasteiger partial charge in [-0.1, -0.05) is 248 Å². The number of carbonyl (C=O) groups is 3. The molecule has 0 aromatic carbocycles. The largest absolute Gasteiger partial charge is 0.462 e. The topological polar surface area (TPSA) is 78.9 Å². The maximum Gasteiger partial charge on any atom is 0.306 e. The van der Waals surface area contributed by atoms with Crippen LogP contribution in [0.2, 0.25) is 0 Å². The molecule has 0 aliphatic heterocycles. The fourth-order valence-corrected chi connectivity index (χ4v) is 7.52. The highest BCUT2D eigenvalue weighted by atomic mass is 16.6. The molecule has 0 bridgehead atoms. The van der Waals surface area contributed by atoms with Crippen LogP contribution in [0.1, 0.15) is 258 Å². The first kappa shape index (κ1) is 60.9. The minimum absolute atomic E-state index is 0.0922. The van der Waals surface area contributed by atoms with Crippen molar-refractivity contribution in [2.24, 2.45) is 0 Å². The van der Waals surface area contributed by atoms with Gasteiger partial charge in [-0.25, -0.2) is 0 Å². The average Bonchev–Trinajstić information content (AvgIpc) is 3.29. The highest BCUT2D eigenvalue weighted by Crippen LogP contribution is 2.15. The van der Waals surface area contributed by atoms with Gasteiger partial charge in [0, 0.05) is 19.3 Å². The van der Waals surface area contributed by atoms with E-state index in [9.17, 15) is 14.4 Å². The summed E-state index contributed by atoms with van der Waals surface area (Å²) in [5.41, 5.74) is 0. The van der Waals surface area contributed by atoms with Crippen molar-refractivity contribution in [3.63, 3.8) is 0 Å². The van der Waals surface area contributed by atoms with Gasteiger partial charge < -0.3 is 14.2 Å². The number of carbonyl (C=O) groups excluding carboxylic acids is 3. The Kier molecular flexibility index (Phi) is 49.9. The Balaban J connectivity index is 4.44. The summed E-state index contributed by atoms with van der Waals surface area (Å²) >= 11 is 0. The molecule has 0 aliphatic carbocycles. The first-order valence-corrected chi connectivity index (χ1v) is 27.0. The van der Waals surface area contributed by atoms with Gasteiger partial charge in [-0.3, -0.25) is 14.4 Å². The Labute approximate surface area is 395 Å². The van der Waals surface area contributed by atoms with E-state index in [2.05, 4.69) is 45.1 Å². The van der Waals surface area contributed by atoms with Crippen LogP contribution in [-0.2, 0) is 28.6 Å². The number of ether oxygens (including phenoxy) is 3. The summed E-state index contributed by atoms with van der Waals surface area (Å²) in [6.45, 7) is 6.47. The molecule has 64 heavy (non-hydrogen) atoms. The lowest BCUT2D eigenvalue weighted by Crippen LogP contribution is -2.30. The fourth-order valence-electron chi connectivity index (χ4n) is 7.52. The summed E-state index contributed by atoms with van der Waals surface area (Å²) in [6.07, 6.45) is 66.0. The van der Waals surface area contributed by atoms with Crippen molar-refractivity contribution in [2.75, 3.05) is 13.2 Å². The second-order valence-corrected chi connectivity index (χ2v) is 17.9. The predicted octanol–water partition coefficient (Wildman–Crippen LogP) is 17.8. The van der Waals surface area contributed by atoms with Crippen LogP contribution in [0.25, 0.3) is 0 Å². The lowest BCUT2D eigenvalue weighted by atomic mass is 10.0. The molecule has 0 rings (SSSR count). The molecular weight excluding hydrogens is 793 g/mol. The molecule has 6 nitrogen and oxygen atoms in total. The van der Waals surface area contributed by atoms with Gasteiger partial charge in [-0.2, -0.15) is 0 Å². The summed E-state index contributed by atoms with van der Waals surface area (Å²) in [4.78, 5) is 38.0. The van der Waals surface area contributed by atoms with Crippen molar-refractivity contribution in [1.82, 2.24) is 0 Å². The van der Waals surface area contributed by atoms with E-state index < -0.39 is 6.10 Å². The van der Waals surface area contributed by atoms with Crippen molar-refractivity contribution in [3.05, 3.63) is 72.9 Å². The lowest BCUT2D eigenvalue weighted by Gasteiger charge is -2.18. The van der Waals surface area contributed by atoms with Crippen molar-refractivity contribution in [1.29, 1.82) is 0 Å². The molecule has 0 aliphatic rings. The van der Waals surface area contributed by atoms with Crippen LogP contribution < -0.4 is 0 Å². The zero-order chi connectivity index (χ0) is 46.5. The molecule has 0 aromatic heterocycles.